The SMILES string of the molecule is COc1cc2c(cc1OC)-c1cnc3cc4c(cc3c1OC2)OCO4. The second kappa shape index (κ2) is 5.17. The van der Waals surface area contributed by atoms with Crippen LogP contribution in [0.1, 0.15) is 5.56 Å². The molecule has 0 spiro atoms. The lowest BCUT2D eigenvalue weighted by Crippen LogP contribution is -2.07. The quantitative estimate of drug-likeness (QED) is 0.713. The van der Waals surface area contributed by atoms with Crippen LogP contribution in [0.3, 0.4) is 0 Å². The Labute approximate surface area is 143 Å². The highest BCUT2D eigenvalue weighted by Gasteiger charge is 2.25. The number of ether oxygens (including phenoxy) is 5. The molecule has 0 saturated heterocycles. The number of nitrogens with zero attached hydrogens (tertiary/aromatic N) is 1. The molecule has 5 rings (SSSR count). The van der Waals surface area contributed by atoms with Crippen molar-refractivity contribution in [3.05, 3.63) is 36.0 Å². The smallest absolute Gasteiger partial charge is 0.231 e. The van der Waals surface area contributed by atoms with Gasteiger partial charge in [-0.2, -0.15) is 0 Å². The predicted octanol–water partition coefficient (Wildman–Crippen LogP) is 3.54. The average molecular weight is 337 g/mol. The summed E-state index contributed by atoms with van der Waals surface area (Å²) in [6, 6.07) is 7.72. The highest BCUT2D eigenvalue weighted by molar-refractivity contribution is 5.95. The summed E-state index contributed by atoms with van der Waals surface area (Å²) in [5.41, 5.74) is 3.80. The van der Waals surface area contributed by atoms with E-state index >= 15 is 0 Å². The summed E-state index contributed by atoms with van der Waals surface area (Å²) in [7, 11) is 3.25. The Morgan fingerprint density at radius 3 is 2.44 bits per heavy atom. The summed E-state index contributed by atoms with van der Waals surface area (Å²) < 4.78 is 27.8. The average Bonchev–Trinajstić information content (AvgIpc) is 3.11. The van der Waals surface area contributed by atoms with Crippen molar-refractivity contribution in [2.24, 2.45) is 0 Å². The first kappa shape index (κ1) is 14.2. The van der Waals surface area contributed by atoms with Crippen LogP contribution in [-0.2, 0) is 6.61 Å². The molecular weight excluding hydrogens is 322 g/mol. The van der Waals surface area contributed by atoms with Crippen LogP contribution in [0, 0.1) is 0 Å². The standard InChI is InChI=1S/C19H15NO5/c1-21-15-3-10-8-23-19-12-5-17-18(25-9-24-17)6-14(12)20-7-13(19)11(10)4-16(15)22-2/h3-7H,8-9H2,1-2H3. The molecule has 0 aliphatic carbocycles. The minimum Gasteiger partial charge on any atom is -0.493 e. The lowest BCUT2D eigenvalue weighted by atomic mass is 9.96. The van der Waals surface area contributed by atoms with E-state index in [1.54, 1.807) is 14.2 Å². The van der Waals surface area contributed by atoms with Gasteiger partial charge in [0, 0.05) is 28.8 Å². The third-order valence-corrected chi connectivity index (χ3v) is 4.58. The van der Waals surface area contributed by atoms with E-state index in [-0.39, 0.29) is 6.79 Å². The molecule has 3 aromatic rings. The number of pyridine rings is 1. The lowest BCUT2D eigenvalue weighted by Gasteiger charge is -2.23. The molecule has 0 amide bonds. The second-order valence-electron chi connectivity index (χ2n) is 5.88. The molecule has 126 valence electrons. The minimum absolute atomic E-state index is 0.231. The Morgan fingerprint density at radius 1 is 0.880 bits per heavy atom. The zero-order valence-electron chi connectivity index (χ0n) is 13.8. The molecule has 0 saturated carbocycles. The molecule has 2 aliphatic heterocycles. The van der Waals surface area contributed by atoms with Crippen molar-refractivity contribution in [1.82, 2.24) is 4.98 Å². The molecule has 2 aliphatic rings. The number of aromatic nitrogens is 1. The van der Waals surface area contributed by atoms with Gasteiger partial charge in [0.05, 0.1) is 19.7 Å². The third-order valence-electron chi connectivity index (χ3n) is 4.58. The monoisotopic (exact) mass is 337 g/mol. The van der Waals surface area contributed by atoms with Crippen molar-refractivity contribution >= 4 is 10.9 Å². The Hall–Kier alpha value is -3.15. The molecule has 0 atom stereocenters. The topological polar surface area (TPSA) is 59.0 Å². The largest absolute Gasteiger partial charge is 0.493 e. The van der Waals surface area contributed by atoms with Crippen LogP contribution in [0.15, 0.2) is 30.5 Å². The first-order valence-electron chi connectivity index (χ1n) is 7.89. The van der Waals surface area contributed by atoms with Gasteiger partial charge in [0.15, 0.2) is 23.0 Å². The third kappa shape index (κ3) is 2.00. The highest BCUT2D eigenvalue weighted by atomic mass is 16.7. The summed E-state index contributed by atoms with van der Waals surface area (Å²) >= 11 is 0. The fraction of sp³-hybridized carbons (Fsp3) is 0.211. The van der Waals surface area contributed by atoms with E-state index in [0.717, 1.165) is 33.3 Å². The summed E-state index contributed by atoms with van der Waals surface area (Å²) in [6.07, 6.45) is 1.82. The number of benzene rings is 2. The van der Waals surface area contributed by atoms with Crippen molar-refractivity contribution in [3.8, 4) is 39.9 Å². The van der Waals surface area contributed by atoms with Gasteiger partial charge < -0.3 is 23.7 Å². The van der Waals surface area contributed by atoms with E-state index in [1.165, 1.54) is 0 Å². The van der Waals surface area contributed by atoms with Crippen LogP contribution < -0.4 is 23.7 Å². The van der Waals surface area contributed by atoms with Gasteiger partial charge in [0.25, 0.3) is 0 Å². The van der Waals surface area contributed by atoms with Gasteiger partial charge in [-0.3, -0.25) is 4.98 Å². The molecule has 0 unspecified atom stereocenters. The molecule has 0 radical (unpaired) electrons. The van der Waals surface area contributed by atoms with E-state index in [9.17, 15) is 0 Å². The molecule has 1 aromatic heterocycles. The molecular formula is C19H15NO5. The molecule has 25 heavy (non-hydrogen) atoms. The van der Waals surface area contributed by atoms with Crippen molar-refractivity contribution in [3.63, 3.8) is 0 Å². The van der Waals surface area contributed by atoms with Crippen LogP contribution in [-0.4, -0.2) is 26.0 Å². The maximum Gasteiger partial charge on any atom is 0.231 e. The fourth-order valence-electron chi connectivity index (χ4n) is 3.35. The van der Waals surface area contributed by atoms with E-state index in [0.29, 0.717) is 29.6 Å². The summed E-state index contributed by atoms with van der Waals surface area (Å²) in [5.74, 6) is 3.58. The van der Waals surface area contributed by atoms with Gasteiger partial charge in [-0.05, 0) is 23.8 Å². The van der Waals surface area contributed by atoms with E-state index in [2.05, 4.69) is 4.98 Å². The Bertz CT molecular complexity index is 1010. The Kier molecular flexibility index (Phi) is 2.94. The van der Waals surface area contributed by atoms with Gasteiger partial charge in [0.1, 0.15) is 12.4 Å². The molecule has 6 heteroatoms. The lowest BCUT2D eigenvalue weighted by molar-refractivity contribution is 0.174. The number of methoxy groups -OCH3 is 2. The first-order valence-corrected chi connectivity index (χ1v) is 7.89. The van der Waals surface area contributed by atoms with Gasteiger partial charge >= 0.3 is 0 Å². The fourth-order valence-corrected chi connectivity index (χ4v) is 3.35. The summed E-state index contributed by atoms with van der Waals surface area (Å²) in [4.78, 5) is 4.58. The van der Waals surface area contributed by atoms with Gasteiger partial charge in [-0.1, -0.05) is 0 Å². The Morgan fingerprint density at radius 2 is 1.64 bits per heavy atom. The highest BCUT2D eigenvalue weighted by Crippen LogP contribution is 2.47. The summed E-state index contributed by atoms with van der Waals surface area (Å²) in [6.45, 7) is 0.685. The zero-order chi connectivity index (χ0) is 17.0. The minimum atomic E-state index is 0.231. The van der Waals surface area contributed by atoms with Crippen LogP contribution >= 0.6 is 0 Å². The number of fused-ring (bicyclic) bond motifs is 6. The molecule has 0 N–H and O–H groups in total. The number of hydrogen-bond acceptors (Lipinski definition) is 6. The van der Waals surface area contributed by atoms with Crippen molar-refractivity contribution in [2.45, 2.75) is 6.61 Å². The van der Waals surface area contributed by atoms with Crippen molar-refractivity contribution < 1.29 is 23.7 Å². The maximum atomic E-state index is 6.06. The number of hydrogen-bond donors (Lipinski definition) is 0. The molecule has 0 bridgehead atoms. The van der Waals surface area contributed by atoms with Gasteiger partial charge in [-0.15, -0.1) is 0 Å². The van der Waals surface area contributed by atoms with E-state index in [4.69, 9.17) is 23.7 Å². The van der Waals surface area contributed by atoms with Crippen molar-refractivity contribution in [2.75, 3.05) is 21.0 Å². The second-order valence-corrected chi connectivity index (χ2v) is 5.88. The van der Waals surface area contributed by atoms with E-state index in [1.807, 2.05) is 30.5 Å². The first-order chi connectivity index (χ1) is 12.3. The molecule has 0 fully saturated rings. The molecule has 2 aromatic carbocycles. The molecule has 3 heterocycles. The zero-order valence-corrected chi connectivity index (χ0v) is 13.8. The Balaban J connectivity index is 1.75. The van der Waals surface area contributed by atoms with Crippen LogP contribution in [0.4, 0.5) is 0 Å². The predicted molar refractivity (Wildman–Crippen MR) is 90.7 cm³/mol. The van der Waals surface area contributed by atoms with Gasteiger partial charge in [0.2, 0.25) is 6.79 Å². The van der Waals surface area contributed by atoms with Gasteiger partial charge in [-0.25, -0.2) is 0 Å². The normalized spacial score (nSPS) is 13.8. The van der Waals surface area contributed by atoms with Crippen LogP contribution in [0.5, 0.6) is 28.7 Å². The molecule has 6 nitrogen and oxygen atoms in total. The summed E-state index contributed by atoms with van der Waals surface area (Å²) in [5, 5.41) is 0.905. The van der Waals surface area contributed by atoms with Crippen molar-refractivity contribution in [1.29, 1.82) is 0 Å². The maximum absolute atomic E-state index is 6.06. The van der Waals surface area contributed by atoms with E-state index < -0.39 is 0 Å². The van der Waals surface area contributed by atoms with Crippen LogP contribution in [0.2, 0.25) is 0 Å². The number of rotatable bonds is 2. The van der Waals surface area contributed by atoms with Crippen LogP contribution in [0.25, 0.3) is 22.0 Å².